The molecule has 2 aromatic carbocycles. The minimum Gasteiger partial charge on any atom is -0.313 e. The van der Waals surface area contributed by atoms with Crippen molar-refractivity contribution in [2.24, 2.45) is 0 Å². The molecule has 0 heterocycles. The molecular formula is C16H17FIN. The van der Waals surface area contributed by atoms with Gasteiger partial charge >= 0.3 is 0 Å². The smallest absolute Gasteiger partial charge is 0.123 e. The highest BCUT2D eigenvalue weighted by atomic mass is 127. The number of likely N-dealkylation sites (N-methyl/N-ethyl adjacent to an activating group) is 1. The Morgan fingerprint density at radius 1 is 1.16 bits per heavy atom. The van der Waals surface area contributed by atoms with Crippen molar-refractivity contribution >= 4 is 22.6 Å². The van der Waals surface area contributed by atoms with E-state index < -0.39 is 0 Å². The highest BCUT2D eigenvalue weighted by Crippen LogP contribution is 2.21. The Morgan fingerprint density at radius 2 is 1.84 bits per heavy atom. The number of rotatable bonds is 4. The van der Waals surface area contributed by atoms with Crippen molar-refractivity contribution in [3.63, 3.8) is 0 Å². The molecule has 0 bridgehead atoms. The molecule has 2 rings (SSSR count). The summed E-state index contributed by atoms with van der Waals surface area (Å²) >= 11 is 2.29. The van der Waals surface area contributed by atoms with Crippen LogP contribution >= 0.6 is 22.6 Å². The van der Waals surface area contributed by atoms with E-state index in [-0.39, 0.29) is 11.9 Å². The van der Waals surface area contributed by atoms with Gasteiger partial charge in [0, 0.05) is 9.61 Å². The quantitative estimate of drug-likeness (QED) is 0.795. The van der Waals surface area contributed by atoms with Crippen LogP contribution in [-0.4, -0.2) is 7.05 Å². The molecule has 100 valence electrons. The maximum atomic E-state index is 13.5. The van der Waals surface area contributed by atoms with Crippen LogP contribution in [0, 0.1) is 16.3 Å². The fourth-order valence-electron chi connectivity index (χ4n) is 2.21. The second-order valence-corrected chi connectivity index (χ2v) is 5.98. The Morgan fingerprint density at radius 3 is 2.42 bits per heavy atom. The minimum atomic E-state index is -0.169. The van der Waals surface area contributed by atoms with Crippen molar-refractivity contribution in [3.05, 3.63) is 68.5 Å². The molecule has 19 heavy (non-hydrogen) atoms. The van der Waals surface area contributed by atoms with E-state index in [1.165, 1.54) is 9.13 Å². The van der Waals surface area contributed by atoms with Gasteiger partial charge in [-0.25, -0.2) is 4.39 Å². The fraction of sp³-hybridized carbons (Fsp3) is 0.250. The van der Waals surface area contributed by atoms with Crippen LogP contribution in [0.5, 0.6) is 0 Å². The number of halogens is 2. The summed E-state index contributed by atoms with van der Waals surface area (Å²) in [5.41, 5.74) is 3.21. The first-order valence-corrected chi connectivity index (χ1v) is 7.35. The standard InChI is InChI=1S/C16H17FIN/c1-11-7-13(10-14(17)8-11)16(19-2)9-12-3-5-15(18)6-4-12/h3-8,10,16,19H,9H2,1-2H3. The van der Waals surface area contributed by atoms with E-state index in [9.17, 15) is 4.39 Å². The molecule has 1 unspecified atom stereocenters. The van der Waals surface area contributed by atoms with E-state index in [0.717, 1.165) is 17.5 Å². The third-order valence-electron chi connectivity index (χ3n) is 3.17. The molecule has 3 heteroatoms. The van der Waals surface area contributed by atoms with Crippen LogP contribution in [0.1, 0.15) is 22.7 Å². The van der Waals surface area contributed by atoms with Gasteiger partial charge in [-0.1, -0.05) is 18.2 Å². The Hall–Kier alpha value is -0.940. The maximum absolute atomic E-state index is 13.5. The summed E-state index contributed by atoms with van der Waals surface area (Å²) in [5.74, 6) is -0.169. The lowest BCUT2D eigenvalue weighted by Gasteiger charge is -2.17. The van der Waals surface area contributed by atoms with Gasteiger partial charge in [0.1, 0.15) is 5.82 Å². The molecule has 2 aromatic rings. The molecule has 0 aliphatic heterocycles. The van der Waals surface area contributed by atoms with Crippen LogP contribution in [0.4, 0.5) is 4.39 Å². The van der Waals surface area contributed by atoms with Gasteiger partial charge in [0.05, 0.1) is 0 Å². The second-order valence-electron chi connectivity index (χ2n) is 4.73. The average Bonchev–Trinajstić information content (AvgIpc) is 2.37. The van der Waals surface area contributed by atoms with Gasteiger partial charge in [0.25, 0.3) is 0 Å². The molecule has 0 amide bonds. The molecule has 0 saturated heterocycles. The largest absolute Gasteiger partial charge is 0.313 e. The Bertz CT molecular complexity index is 531. The van der Waals surface area contributed by atoms with E-state index in [1.807, 2.05) is 20.0 Å². The molecule has 0 spiro atoms. The topological polar surface area (TPSA) is 12.0 Å². The molecule has 0 aromatic heterocycles. The molecule has 0 radical (unpaired) electrons. The number of benzene rings is 2. The zero-order chi connectivity index (χ0) is 13.8. The minimum absolute atomic E-state index is 0.134. The zero-order valence-electron chi connectivity index (χ0n) is 11.1. The Kier molecular flexibility index (Phi) is 4.93. The highest BCUT2D eigenvalue weighted by molar-refractivity contribution is 14.1. The fourth-order valence-corrected chi connectivity index (χ4v) is 2.57. The maximum Gasteiger partial charge on any atom is 0.123 e. The van der Waals surface area contributed by atoms with Crippen LogP contribution < -0.4 is 5.32 Å². The van der Waals surface area contributed by atoms with Crippen LogP contribution in [0.2, 0.25) is 0 Å². The molecule has 1 nitrogen and oxygen atoms in total. The van der Waals surface area contributed by atoms with Gasteiger partial charge in [-0.15, -0.1) is 0 Å². The van der Waals surface area contributed by atoms with Gasteiger partial charge in [-0.3, -0.25) is 0 Å². The molecule has 0 aliphatic carbocycles. The third kappa shape index (κ3) is 4.01. The first kappa shape index (κ1) is 14.5. The Labute approximate surface area is 127 Å². The zero-order valence-corrected chi connectivity index (χ0v) is 13.2. The predicted octanol–water partition coefficient (Wildman–Crippen LogP) is 4.24. The summed E-state index contributed by atoms with van der Waals surface area (Å²) < 4.78 is 14.7. The first-order chi connectivity index (χ1) is 9.08. The van der Waals surface area contributed by atoms with E-state index in [0.29, 0.717) is 0 Å². The van der Waals surface area contributed by atoms with Crippen LogP contribution in [0.15, 0.2) is 42.5 Å². The van der Waals surface area contributed by atoms with Crippen molar-refractivity contribution in [1.82, 2.24) is 5.32 Å². The summed E-state index contributed by atoms with van der Waals surface area (Å²) in [5, 5.41) is 3.27. The molecule has 1 atom stereocenters. The number of hydrogen-bond donors (Lipinski definition) is 1. The molecule has 0 aliphatic rings. The van der Waals surface area contributed by atoms with E-state index >= 15 is 0 Å². The van der Waals surface area contributed by atoms with Crippen LogP contribution in [0.25, 0.3) is 0 Å². The lowest BCUT2D eigenvalue weighted by molar-refractivity contribution is 0.576. The summed E-state index contributed by atoms with van der Waals surface area (Å²) in [4.78, 5) is 0. The summed E-state index contributed by atoms with van der Waals surface area (Å²) in [6.45, 7) is 1.92. The lowest BCUT2D eigenvalue weighted by Crippen LogP contribution is -2.19. The van der Waals surface area contributed by atoms with Crippen LogP contribution in [0.3, 0.4) is 0 Å². The van der Waals surface area contributed by atoms with E-state index in [2.05, 4.69) is 52.2 Å². The molecule has 0 fully saturated rings. The monoisotopic (exact) mass is 369 g/mol. The number of nitrogens with one attached hydrogen (secondary N) is 1. The van der Waals surface area contributed by atoms with Crippen molar-refractivity contribution in [2.45, 2.75) is 19.4 Å². The molecular weight excluding hydrogens is 352 g/mol. The number of hydrogen-bond acceptors (Lipinski definition) is 1. The first-order valence-electron chi connectivity index (χ1n) is 6.27. The normalized spacial score (nSPS) is 12.4. The van der Waals surface area contributed by atoms with Gasteiger partial charge in [-0.05, 0) is 83.9 Å². The van der Waals surface area contributed by atoms with Crippen molar-refractivity contribution in [3.8, 4) is 0 Å². The summed E-state index contributed by atoms with van der Waals surface area (Å²) in [6, 6.07) is 13.8. The molecule has 1 N–H and O–H groups in total. The SMILES string of the molecule is CNC(Cc1ccc(I)cc1)c1cc(C)cc(F)c1. The Balaban J connectivity index is 2.22. The summed E-state index contributed by atoms with van der Waals surface area (Å²) in [7, 11) is 1.91. The van der Waals surface area contributed by atoms with Crippen LogP contribution in [-0.2, 0) is 6.42 Å². The van der Waals surface area contributed by atoms with Crippen molar-refractivity contribution < 1.29 is 4.39 Å². The second kappa shape index (κ2) is 6.48. The molecule has 0 saturated carbocycles. The third-order valence-corrected chi connectivity index (χ3v) is 3.89. The van der Waals surface area contributed by atoms with Gasteiger partial charge < -0.3 is 5.32 Å². The highest BCUT2D eigenvalue weighted by Gasteiger charge is 2.11. The van der Waals surface area contributed by atoms with E-state index in [4.69, 9.17) is 0 Å². The van der Waals surface area contributed by atoms with Gasteiger partial charge in [0.2, 0.25) is 0 Å². The van der Waals surface area contributed by atoms with E-state index in [1.54, 1.807) is 12.1 Å². The number of aryl methyl sites for hydroxylation is 1. The average molecular weight is 369 g/mol. The predicted molar refractivity (Wildman–Crippen MR) is 85.8 cm³/mol. The summed E-state index contributed by atoms with van der Waals surface area (Å²) in [6.07, 6.45) is 0.857. The van der Waals surface area contributed by atoms with Crippen molar-refractivity contribution in [2.75, 3.05) is 7.05 Å². The van der Waals surface area contributed by atoms with Gasteiger partial charge in [0.15, 0.2) is 0 Å². The van der Waals surface area contributed by atoms with Crippen molar-refractivity contribution in [1.29, 1.82) is 0 Å². The lowest BCUT2D eigenvalue weighted by atomic mass is 9.97. The van der Waals surface area contributed by atoms with Gasteiger partial charge in [-0.2, -0.15) is 0 Å².